The highest BCUT2D eigenvalue weighted by Crippen LogP contribution is 2.32. The number of carbonyl (C=O) groups excluding carboxylic acids is 1. The molecule has 0 atom stereocenters. The molecule has 0 saturated heterocycles. The third-order valence-electron chi connectivity index (χ3n) is 6.81. The zero-order chi connectivity index (χ0) is 28.3. The van der Waals surface area contributed by atoms with Crippen molar-refractivity contribution in [3.05, 3.63) is 119 Å². The Morgan fingerprint density at radius 3 is 2.25 bits per heavy atom. The fraction of sp³-hybridized carbons (Fsp3) is 0.194. The number of fused-ring (bicyclic) bond motifs is 1. The van der Waals surface area contributed by atoms with Gasteiger partial charge in [0, 0.05) is 24.8 Å². The van der Waals surface area contributed by atoms with Crippen molar-refractivity contribution < 1.29 is 13.2 Å². The minimum absolute atomic E-state index is 0.143. The van der Waals surface area contributed by atoms with E-state index >= 15 is 0 Å². The van der Waals surface area contributed by atoms with Gasteiger partial charge in [-0.2, -0.15) is 4.31 Å². The number of nitrogens with zero attached hydrogens (tertiary/aromatic N) is 4. The van der Waals surface area contributed by atoms with Gasteiger partial charge in [-0.25, -0.2) is 13.4 Å². The molecule has 0 saturated carbocycles. The van der Waals surface area contributed by atoms with Gasteiger partial charge in [-0.1, -0.05) is 54.7 Å². The molecule has 5 rings (SSSR count). The molecule has 0 N–H and O–H groups in total. The van der Waals surface area contributed by atoms with Gasteiger partial charge in [0.2, 0.25) is 10.0 Å². The average molecular weight is 571 g/mol. The molecule has 2 aromatic heterocycles. The van der Waals surface area contributed by atoms with Crippen LogP contribution in [-0.4, -0.2) is 35.1 Å². The van der Waals surface area contributed by atoms with Gasteiger partial charge in [0.1, 0.15) is 0 Å². The normalized spacial score (nSPS) is 11.7. The lowest BCUT2D eigenvalue weighted by Crippen LogP contribution is -2.31. The van der Waals surface area contributed by atoms with E-state index in [1.165, 1.54) is 27.8 Å². The van der Waals surface area contributed by atoms with E-state index in [2.05, 4.69) is 18.0 Å². The van der Waals surface area contributed by atoms with Crippen LogP contribution in [0.25, 0.3) is 10.2 Å². The van der Waals surface area contributed by atoms with E-state index in [4.69, 9.17) is 4.98 Å². The Hall–Kier alpha value is -3.92. The maximum Gasteiger partial charge on any atom is 0.260 e. The van der Waals surface area contributed by atoms with Gasteiger partial charge in [-0.3, -0.25) is 14.7 Å². The zero-order valence-corrected chi connectivity index (χ0v) is 24.2. The second-order valence-corrected chi connectivity index (χ2v) is 12.5. The first-order valence-electron chi connectivity index (χ1n) is 13.0. The van der Waals surface area contributed by atoms with E-state index < -0.39 is 10.0 Å². The Morgan fingerprint density at radius 1 is 0.875 bits per heavy atom. The van der Waals surface area contributed by atoms with Gasteiger partial charge in [0.15, 0.2) is 5.13 Å². The maximum absolute atomic E-state index is 13.9. The highest BCUT2D eigenvalue weighted by molar-refractivity contribution is 7.89. The summed E-state index contributed by atoms with van der Waals surface area (Å²) in [6, 6.07) is 25.3. The number of aryl methyl sites for hydroxylation is 2. The Morgan fingerprint density at radius 2 is 1.57 bits per heavy atom. The number of hydrogen-bond acceptors (Lipinski definition) is 6. The summed E-state index contributed by atoms with van der Waals surface area (Å²) in [5.74, 6) is -0.279. The van der Waals surface area contributed by atoms with Crippen LogP contribution in [0.2, 0.25) is 0 Å². The van der Waals surface area contributed by atoms with Crippen molar-refractivity contribution in [3.8, 4) is 0 Å². The monoisotopic (exact) mass is 570 g/mol. The third-order valence-corrected chi connectivity index (χ3v) is 9.78. The molecule has 0 aliphatic heterocycles. The smallest absolute Gasteiger partial charge is 0.260 e. The third kappa shape index (κ3) is 5.82. The molecule has 0 radical (unpaired) electrons. The molecular formula is C31H30N4O3S2. The molecule has 9 heteroatoms. The van der Waals surface area contributed by atoms with E-state index in [1.807, 2.05) is 68.4 Å². The Balaban J connectivity index is 1.45. The Labute approximate surface area is 238 Å². The zero-order valence-electron chi connectivity index (χ0n) is 22.6. The number of benzene rings is 3. The van der Waals surface area contributed by atoms with Crippen LogP contribution in [-0.2, 0) is 23.1 Å². The van der Waals surface area contributed by atoms with Gasteiger partial charge >= 0.3 is 0 Å². The number of thiazole rings is 1. The Bertz CT molecular complexity index is 1700. The second kappa shape index (κ2) is 11.7. The van der Waals surface area contributed by atoms with Crippen LogP contribution in [0.1, 0.15) is 39.7 Å². The first kappa shape index (κ1) is 27.6. The minimum atomic E-state index is -3.75. The van der Waals surface area contributed by atoms with Crippen LogP contribution in [0.5, 0.6) is 0 Å². The maximum atomic E-state index is 13.9. The van der Waals surface area contributed by atoms with Gasteiger partial charge in [-0.15, -0.1) is 0 Å². The van der Waals surface area contributed by atoms with Gasteiger partial charge in [0.25, 0.3) is 5.91 Å². The van der Waals surface area contributed by atoms with Crippen molar-refractivity contribution in [2.45, 2.75) is 38.8 Å². The van der Waals surface area contributed by atoms with E-state index in [-0.39, 0.29) is 23.9 Å². The van der Waals surface area contributed by atoms with Crippen LogP contribution >= 0.6 is 11.3 Å². The van der Waals surface area contributed by atoms with Gasteiger partial charge in [-0.05, 0) is 79.1 Å². The van der Waals surface area contributed by atoms with Crippen molar-refractivity contribution in [3.63, 3.8) is 0 Å². The minimum Gasteiger partial charge on any atom is -0.278 e. The number of aromatic nitrogens is 2. The molecule has 0 fully saturated rings. The fourth-order valence-electron chi connectivity index (χ4n) is 4.39. The van der Waals surface area contributed by atoms with Crippen molar-refractivity contribution in [2.75, 3.05) is 11.4 Å². The largest absolute Gasteiger partial charge is 0.278 e. The molecule has 0 unspecified atom stereocenters. The summed E-state index contributed by atoms with van der Waals surface area (Å²) in [4.78, 5) is 24.8. The number of pyridine rings is 1. The molecule has 3 aromatic carbocycles. The van der Waals surface area contributed by atoms with Crippen molar-refractivity contribution in [2.24, 2.45) is 0 Å². The summed E-state index contributed by atoms with van der Waals surface area (Å²) in [7, 11) is -3.75. The van der Waals surface area contributed by atoms with E-state index in [9.17, 15) is 13.2 Å². The van der Waals surface area contributed by atoms with Crippen LogP contribution in [0.4, 0.5) is 5.13 Å². The number of amides is 1. The van der Waals surface area contributed by atoms with Gasteiger partial charge < -0.3 is 0 Å². The predicted octanol–water partition coefficient (Wildman–Crippen LogP) is 6.37. The number of hydrogen-bond donors (Lipinski definition) is 0. The topological polar surface area (TPSA) is 83.5 Å². The lowest BCUT2D eigenvalue weighted by atomic mass is 10.1. The summed E-state index contributed by atoms with van der Waals surface area (Å²) in [5.41, 5.74) is 5.13. The summed E-state index contributed by atoms with van der Waals surface area (Å²) in [5, 5.41) is 0.562. The van der Waals surface area contributed by atoms with Crippen LogP contribution in [0, 0.1) is 13.8 Å². The molecular weight excluding hydrogens is 541 g/mol. The van der Waals surface area contributed by atoms with Crippen LogP contribution in [0.3, 0.4) is 0 Å². The molecule has 2 heterocycles. The molecule has 0 spiro atoms. The molecule has 0 aliphatic carbocycles. The van der Waals surface area contributed by atoms with Crippen molar-refractivity contribution >= 4 is 42.6 Å². The average Bonchev–Trinajstić information content (AvgIpc) is 3.37. The highest BCUT2D eigenvalue weighted by Gasteiger charge is 2.26. The fourth-order valence-corrected chi connectivity index (χ4v) is 6.87. The van der Waals surface area contributed by atoms with E-state index in [1.54, 1.807) is 23.2 Å². The molecule has 5 aromatic rings. The highest BCUT2D eigenvalue weighted by atomic mass is 32.2. The number of carbonyl (C=O) groups is 1. The summed E-state index contributed by atoms with van der Waals surface area (Å²) in [6.07, 6.45) is 1.69. The Kier molecular flexibility index (Phi) is 8.07. The van der Waals surface area contributed by atoms with Gasteiger partial charge in [0.05, 0.1) is 27.4 Å². The van der Waals surface area contributed by atoms with Crippen molar-refractivity contribution in [1.82, 2.24) is 14.3 Å². The van der Waals surface area contributed by atoms with Crippen molar-refractivity contribution in [1.29, 1.82) is 0 Å². The number of rotatable bonds is 9. The number of anilines is 1. The van der Waals surface area contributed by atoms with E-state index in [0.717, 1.165) is 32.6 Å². The summed E-state index contributed by atoms with van der Waals surface area (Å²) in [6.45, 7) is 6.74. The molecule has 0 bridgehead atoms. The molecule has 1 amide bonds. The van der Waals surface area contributed by atoms with Crippen LogP contribution < -0.4 is 4.90 Å². The number of sulfonamides is 1. The summed E-state index contributed by atoms with van der Waals surface area (Å²) < 4.78 is 29.3. The first-order chi connectivity index (χ1) is 19.3. The first-order valence-corrected chi connectivity index (χ1v) is 15.3. The summed E-state index contributed by atoms with van der Waals surface area (Å²) >= 11 is 1.45. The molecule has 204 valence electrons. The standard InChI is InChI=1S/C31H30N4O3S2/c1-4-34(20-24-10-6-5-7-11-24)40(37,38)27-15-13-25(14-16-27)30(36)35(21-26-12-8-9-17-32-26)31-33-28-18-22(2)23(3)19-29(28)39-31/h5-19H,4,20-21H2,1-3H3. The molecule has 0 aliphatic rings. The molecule has 7 nitrogen and oxygen atoms in total. The lowest BCUT2D eigenvalue weighted by molar-refractivity contribution is 0.0984. The second-order valence-electron chi connectivity index (χ2n) is 9.55. The lowest BCUT2D eigenvalue weighted by Gasteiger charge is -2.22. The van der Waals surface area contributed by atoms with Crippen LogP contribution in [0.15, 0.2) is 96.0 Å². The predicted molar refractivity (Wildman–Crippen MR) is 160 cm³/mol. The molecule has 40 heavy (non-hydrogen) atoms. The van der Waals surface area contributed by atoms with E-state index in [0.29, 0.717) is 17.2 Å². The quantitative estimate of drug-likeness (QED) is 0.206. The SMILES string of the molecule is CCN(Cc1ccccc1)S(=O)(=O)c1ccc(C(=O)N(Cc2ccccn2)c2nc3cc(C)c(C)cc3s2)cc1.